The highest BCUT2D eigenvalue weighted by Gasteiger charge is 2.06. The smallest absolute Gasteiger partial charge is 0.250 e. The van der Waals surface area contributed by atoms with Crippen LogP contribution in [0.1, 0.15) is 6.92 Å². The number of hydrogen-bond donors (Lipinski definition) is 1. The average molecular weight is 297 g/mol. The van der Waals surface area contributed by atoms with Crippen molar-refractivity contribution < 1.29 is 9.53 Å². The predicted molar refractivity (Wildman–Crippen MR) is 81.3 cm³/mol. The lowest BCUT2D eigenvalue weighted by molar-refractivity contribution is -0.120. The largest absolute Gasteiger partial charge is 0.372 e. The summed E-state index contributed by atoms with van der Waals surface area (Å²) < 4.78 is 6.69. The average Bonchev–Trinajstić information content (AvgIpc) is 3.00. The van der Waals surface area contributed by atoms with Gasteiger partial charge in [-0.25, -0.2) is 0 Å². The second-order valence-corrected chi connectivity index (χ2v) is 4.62. The number of aromatic nitrogens is 4. The minimum atomic E-state index is -0.179. The van der Waals surface area contributed by atoms with Crippen molar-refractivity contribution in [3.8, 4) is 11.3 Å². The Hall–Kier alpha value is -2.80. The number of nitrogens with one attached hydrogen (secondary N) is 1. The molecule has 1 aromatic carbocycles. The van der Waals surface area contributed by atoms with E-state index in [-0.39, 0.29) is 12.5 Å². The van der Waals surface area contributed by atoms with Crippen LogP contribution < -0.4 is 5.32 Å². The van der Waals surface area contributed by atoms with Gasteiger partial charge in [-0.1, -0.05) is 12.1 Å². The lowest BCUT2D eigenvalue weighted by Crippen LogP contribution is -2.18. The molecule has 0 atom stereocenters. The molecule has 2 heterocycles. The Morgan fingerprint density at radius 2 is 2.23 bits per heavy atom. The van der Waals surface area contributed by atoms with E-state index in [0.29, 0.717) is 17.9 Å². The molecular weight excluding hydrogens is 282 g/mol. The molecule has 112 valence electrons. The molecule has 0 aliphatic carbocycles. The molecule has 7 heteroatoms. The van der Waals surface area contributed by atoms with Crippen LogP contribution in [0.15, 0.2) is 42.7 Å². The SMILES string of the molecule is CCOCC(=O)Nc1cccc(-c2ccc3nncn3n2)c1. The number of amides is 1. The third-order valence-corrected chi connectivity index (χ3v) is 3.04. The number of hydrogen-bond acceptors (Lipinski definition) is 5. The molecule has 22 heavy (non-hydrogen) atoms. The van der Waals surface area contributed by atoms with Crippen molar-refractivity contribution in [1.82, 2.24) is 19.8 Å². The van der Waals surface area contributed by atoms with E-state index in [1.54, 1.807) is 10.8 Å². The third kappa shape index (κ3) is 3.09. The molecule has 0 unspecified atom stereocenters. The minimum Gasteiger partial charge on any atom is -0.372 e. The second-order valence-electron chi connectivity index (χ2n) is 4.62. The van der Waals surface area contributed by atoms with Gasteiger partial charge in [0.15, 0.2) is 5.65 Å². The predicted octanol–water partition coefficient (Wildman–Crippen LogP) is 1.77. The van der Waals surface area contributed by atoms with Gasteiger partial charge >= 0.3 is 0 Å². The van der Waals surface area contributed by atoms with Gasteiger partial charge in [0.1, 0.15) is 12.9 Å². The van der Waals surface area contributed by atoms with Gasteiger partial charge in [-0.05, 0) is 31.2 Å². The summed E-state index contributed by atoms with van der Waals surface area (Å²) in [7, 11) is 0. The molecule has 2 aromatic heterocycles. The molecule has 1 amide bonds. The fourth-order valence-corrected chi connectivity index (χ4v) is 2.03. The Morgan fingerprint density at radius 1 is 1.32 bits per heavy atom. The number of carbonyl (C=O) groups is 1. The molecular formula is C15H15N5O2. The van der Waals surface area contributed by atoms with E-state index in [1.165, 1.54) is 0 Å². The van der Waals surface area contributed by atoms with Crippen LogP contribution >= 0.6 is 0 Å². The summed E-state index contributed by atoms with van der Waals surface area (Å²) in [6.45, 7) is 2.41. The van der Waals surface area contributed by atoms with Crippen LogP contribution in [0.4, 0.5) is 5.69 Å². The van der Waals surface area contributed by atoms with Crippen LogP contribution in [0, 0.1) is 0 Å². The Kier molecular flexibility index (Phi) is 4.06. The molecule has 0 spiro atoms. The maximum absolute atomic E-state index is 11.7. The van der Waals surface area contributed by atoms with Crippen molar-refractivity contribution in [1.29, 1.82) is 0 Å². The number of benzene rings is 1. The molecule has 7 nitrogen and oxygen atoms in total. The molecule has 3 aromatic rings. The van der Waals surface area contributed by atoms with Crippen molar-refractivity contribution in [2.75, 3.05) is 18.5 Å². The molecule has 1 N–H and O–H groups in total. The van der Waals surface area contributed by atoms with Crippen molar-refractivity contribution in [2.24, 2.45) is 0 Å². The Balaban J connectivity index is 1.82. The van der Waals surface area contributed by atoms with Gasteiger partial charge in [0.2, 0.25) is 5.91 Å². The Bertz CT molecular complexity index is 799. The molecule has 3 rings (SSSR count). The van der Waals surface area contributed by atoms with Crippen molar-refractivity contribution in [3.05, 3.63) is 42.7 Å². The zero-order valence-electron chi connectivity index (χ0n) is 12.1. The minimum absolute atomic E-state index is 0.0473. The van der Waals surface area contributed by atoms with Crippen LogP contribution in [0.3, 0.4) is 0 Å². The first-order valence-corrected chi connectivity index (χ1v) is 6.91. The van der Waals surface area contributed by atoms with Crippen molar-refractivity contribution in [3.63, 3.8) is 0 Å². The Labute approximate surface area is 126 Å². The molecule has 0 aliphatic rings. The Morgan fingerprint density at radius 3 is 3.09 bits per heavy atom. The van der Waals surface area contributed by atoms with Crippen LogP contribution in [-0.4, -0.2) is 38.9 Å². The zero-order valence-corrected chi connectivity index (χ0v) is 12.1. The standard InChI is InChI=1S/C15H15N5O2/c1-2-22-9-15(21)17-12-5-3-4-11(8-12)13-6-7-14-18-16-10-20(14)19-13/h3-8,10H,2,9H2,1H3,(H,17,21). The third-order valence-electron chi connectivity index (χ3n) is 3.04. The summed E-state index contributed by atoms with van der Waals surface area (Å²) in [5, 5.41) is 14.9. The van der Waals surface area contributed by atoms with Gasteiger partial charge in [0.25, 0.3) is 0 Å². The summed E-state index contributed by atoms with van der Waals surface area (Å²) in [4.78, 5) is 11.7. The van der Waals surface area contributed by atoms with Crippen LogP contribution in [0.5, 0.6) is 0 Å². The van der Waals surface area contributed by atoms with Gasteiger partial charge in [0, 0.05) is 17.9 Å². The van der Waals surface area contributed by atoms with E-state index >= 15 is 0 Å². The van der Waals surface area contributed by atoms with Crippen LogP contribution in [0.25, 0.3) is 16.9 Å². The summed E-state index contributed by atoms with van der Waals surface area (Å²) in [5.41, 5.74) is 3.05. The lowest BCUT2D eigenvalue weighted by atomic mass is 10.1. The normalized spacial score (nSPS) is 10.8. The lowest BCUT2D eigenvalue weighted by Gasteiger charge is -2.07. The molecule has 0 bridgehead atoms. The zero-order chi connectivity index (χ0) is 15.4. The molecule has 0 saturated carbocycles. The number of ether oxygens (including phenoxy) is 1. The van der Waals surface area contributed by atoms with Crippen LogP contribution in [-0.2, 0) is 9.53 Å². The van der Waals surface area contributed by atoms with Gasteiger partial charge in [-0.2, -0.15) is 9.61 Å². The van der Waals surface area contributed by atoms with Crippen molar-refractivity contribution in [2.45, 2.75) is 6.92 Å². The van der Waals surface area contributed by atoms with E-state index in [0.717, 1.165) is 11.3 Å². The fourth-order valence-electron chi connectivity index (χ4n) is 2.03. The first-order valence-electron chi connectivity index (χ1n) is 6.91. The number of fused-ring (bicyclic) bond motifs is 1. The van der Waals surface area contributed by atoms with E-state index < -0.39 is 0 Å². The van der Waals surface area contributed by atoms with E-state index in [1.807, 2.05) is 43.3 Å². The first-order chi connectivity index (χ1) is 10.8. The number of nitrogens with zero attached hydrogens (tertiary/aromatic N) is 4. The maximum Gasteiger partial charge on any atom is 0.250 e. The van der Waals surface area contributed by atoms with E-state index in [4.69, 9.17) is 4.74 Å². The molecule has 0 fully saturated rings. The van der Waals surface area contributed by atoms with Gasteiger partial charge in [-0.15, -0.1) is 10.2 Å². The molecule has 0 saturated heterocycles. The summed E-state index contributed by atoms with van der Waals surface area (Å²) in [5.74, 6) is -0.179. The number of anilines is 1. The molecule has 0 radical (unpaired) electrons. The van der Waals surface area contributed by atoms with E-state index in [9.17, 15) is 4.79 Å². The first kappa shape index (κ1) is 14.2. The monoisotopic (exact) mass is 297 g/mol. The molecule has 0 aliphatic heterocycles. The van der Waals surface area contributed by atoms with Gasteiger partial charge in [-0.3, -0.25) is 4.79 Å². The highest BCUT2D eigenvalue weighted by molar-refractivity contribution is 5.92. The van der Waals surface area contributed by atoms with Crippen LogP contribution in [0.2, 0.25) is 0 Å². The summed E-state index contributed by atoms with van der Waals surface area (Å²) in [6, 6.07) is 11.2. The maximum atomic E-state index is 11.7. The fraction of sp³-hybridized carbons (Fsp3) is 0.200. The van der Waals surface area contributed by atoms with E-state index in [2.05, 4.69) is 20.6 Å². The quantitative estimate of drug-likeness (QED) is 0.776. The van der Waals surface area contributed by atoms with Gasteiger partial charge in [0.05, 0.1) is 5.69 Å². The summed E-state index contributed by atoms with van der Waals surface area (Å²) >= 11 is 0. The van der Waals surface area contributed by atoms with Gasteiger partial charge < -0.3 is 10.1 Å². The highest BCUT2D eigenvalue weighted by Crippen LogP contribution is 2.20. The second kappa shape index (κ2) is 6.31. The number of rotatable bonds is 5. The summed E-state index contributed by atoms with van der Waals surface area (Å²) in [6.07, 6.45) is 1.55. The highest BCUT2D eigenvalue weighted by atomic mass is 16.5. The van der Waals surface area contributed by atoms with Crippen molar-refractivity contribution >= 4 is 17.2 Å². The number of carbonyl (C=O) groups excluding carboxylic acids is 1. The topological polar surface area (TPSA) is 81.4 Å².